The molecule has 1 aliphatic rings. The monoisotopic (exact) mass is 292 g/mol. The summed E-state index contributed by atoms with van der Waals surface area (Å²) >= 11 is 5.76. The van der Waals surface area contributed by atoms with Crippen LogP contribution in [0.25, 0.3) is 5.52 Å². The van der Waals surface area contributed by atoms with Gasteiger partial charge in [-0.1, -0.05) is 0 Å². The van der Waals surface area contributed by atoms with Gasteiger partial charge < -0.3 is 4.90 Å². The Morgan fingerprint density at radius 1 is 1.45 bits per heavy atom. The highest BCUT2D eigenvalue weighted by Gasteiger charge is 2.30. The number of alkyl halides is 1. The van der Waals surface area contributed by atoms with Gasteiger partial charge in [0.2, 0.25) is 0 Å². The van der Waals surface area contributed by atoms with Crippen LogP contribution in [-0.2, 0) is 0 Å². The molecule has 1 atom stereocenters. The predicted octanol–water partition coefficient (Wildman–Crippen LogP) is 2.35. The van der Waals surface area contributed by atoms with Crippen LogP contribution >= 0.6 is 11.6 Å². The van der Waals surface area contributed by atoms with Gasteiger partial charge in [0.1, 0.15) is 0 Å². The maximum absolute atomic E-state index is 12.7. The largest absolute Gasteiger partial charge is 0.336 e. The average molecular weight is 293 g/mol. The molecule has 0 bridgehead atoms. The molecule has 20 heavy (non-hydrogen) atoms. The topological polar surface area (TPSA) is 50.5 Å². The summed E-state index contributed by atoms with van der Waals surface area (Å²) in [7, 11) is 0. The van der Waals surface area contributed by atoms with Crippen molar-refractivity contribution in [3.05, 3.63) is 30.4 Å². The zero-order valence-electron chi connectivity index (χ0n) is 11.2. The molecule has 1 amide bonds. The molecule has 3 heterocycles. The fraction of sp³-hybridized carbons (Fsp3) is 0.500. The van der Waals surface area contributed by atoms with Crippen molar-refractivity contribution in [1.29, 1.82) is 0 Å². The Kier molecular flexibility index (Phi) is 3.87. The summed E-state index contributed by atoms with van der Waals surface area (Å²) in [4.78, 5) is 18.8. The summed E-state index contributed by atoms with van der Waals surface area (Å²) in [5.74, 6) is 0.712. The molecule has 3 rings (SSSR count). The van der Waals surface area contributed by atoms with Gasteiger partial charge >= 0.3 is 0 Å². The van der Waals surface area contributed by atoms with Gasteiger partial charge in [-0.15, -0.1) is 11.6 Å². The third kappa shape index (κ3) is 2.38. The number of likely N-dealkylation sites (tertiary alicyclic amines) is 1. The molecule has 0 saturated carbocycles. The Labute approximate surface area is 122 Å². The molecule has 2 aromatic rings. The van der Waals surface area contributed by atoms with E-state index in [1.54, 1.807) is 29.3 Å². The number of rotatable bonds is 4. The van der Waals surface area contributed by atoms with E-state index in [1.807, 2.05) is 4.90 Å². The lowest BCUT2D eigenvalue weighted by Gasteiger charge is -2.24. The van der Waals surface area contributed by atoms with Crippen molar-refractivity contribution in [2.45, 2.75) is 31.7 Å². The van der Waals surface area contributed by atoms with E-state index in [9.17, 15) is 4.79 Å². The lowest BCUT2D eigenvalue weighted by atomic mass is 10.1. The van der Waals surface area contributed by atoms with E-state index < -0.39 is 0 Å². The highest BCUT2D eigenvalue weighted by Crippen LogP contribution is 2.24. The third-order valence-electron chi connectivity index (χ3n) is 3.86. The molecule has 0 radical (unpaired) electrons. The second kappa shape index (κ2) is 5.79. The van der Waals surface area contributed by atoms with Crippen LogP contribution in [0.5, 0.6) is 0 Å². The maximum atomic E-state index is 12.7. The van der Waals surface area contributed by atoms with Crippen LogP contribution in [0.3, 0.4) is 0 Å². The summed E-state index contributed by atoms with van der Waals surface area (Å²) in [6.07, 6.45) is 10.8. The van der Waals surface area contributed by atoms with Crippen molar-refractivity contribution in [2.75, 3.05) is 12.4 Å². The molecule has 0 spiro atoms. The molecule has 0 aliphatic carbocycles. The first-order valence-corrected chi connectivity index (χ1v) is 7.49. The number of nitrogens with zero attached hydrogens (tertiary/aromatic N) is 4. The van der Waals surface area contributed by atoms with E-state index in [-0.39, 0.29) is 5.91 Å². The van der Waals surface area contributed by atoms with E-state index in [0.717, 1.165) is 37.7 Å². The number of carbonyl (C=O) groups is 1. The molecule has 5 nitrogen and oxygen atoms in total. The molecule has 1 unspecified atom stereocenters. The fourth-order valence-electron chi connectivity index (χ4n) is 2.87. The van der Waals surface area contributed by atoms with Gasteiger partial charge in [-0.05, 0) is 25.7 Å². The second-order valence-corrected chi connectivity index (χ2v) is 5.47. The molecule has 0 aromatic carbocycles. The summed E-state index contributed by atoms with van der Waals surface area (Å²) in [5, 5.41) is 4.21. The zero-order chi connectivity index (χ0) is 13.9. The maximum Gasteiger partial charge on any atom is 0.257 e. The molecule has 0 N–H and O–H groups in total. The van der Waals surface area contributed by atoms with Gasteiger partial charge in [-0.25, -0.2) is 4.52 Å². The summed E-state index contributed by atoms with van der Waals surface area (Å²) in [5.41, 5.74) is 1.40. The van der Waals surface area contributed by atoms with Crippen LogP contribution in [0, 0.1) is 0 Å². The third-order valence-corrected chi connectivity index (χ3v) is 4.13. The summed E-state index contributed by atoms with van der Waals surface area (Å²) in [6.45, 7) is 0.823. The van der Waals surface area contributed by atoms with E-state index in [1.165, 1.54) is 0 Å². The SMILES string of the molecule is O=C(c1cnn2ccncc12)N1CCCC1CCCCl. The van der Waals surface area contributed by atoms with Crippen molar-refractivity contribution in [3.63, 3.8) is 0 Å². The van der Waals surface area contributed by atoms with Crippen molar-refractivity contribution in [1.82, 2.24) is 19.5 Å². The molecule has 1 aliphatic heterocycles. The smallest absolute Gasteiger partial charge is 0.257 e. The van der Waals surface area contributed by atoms with Crippen LogP contribution in [0.2, 0.25) is 0 Å². The minimum Gasteiger partial charge on any atom is -0.336 e. The van der Waals surface area contributed by atoms with E-state index in [0.29, 0.717) is 17.5 Å². The summed E-state index contributed by atoms with van der Waals surface area (Å²) in [6, 6.07) is 0.313. The lowest BCUT2D eigenvalue weighted by Crippen LogP contribution is -2.35. The molecule has 2 aromatic heterocycles. The number of hydrogen-bond acceptors (Lipinski definition) is 3. The van der Waals surface area contributed by atoms with Crippen molar-refractivity contribution < 1.29 is 4.79 Å². The fourth-order valence-corrected chi connectivity index (χ4v) is 3.02. The van der Waals surface area contributed by atoms with Crippen LogP contribution in [0.4, 0.5) is 0 Å². The van der Waals surface area contributed by atoms with Gasteiger partial charge in [0.25, 0.3) is 5.91 Å². The first-order valence-electron chi connectivity index (χ1n) is 6.95. The van der Waals surface area contributed by atoms with Crippen molar-refractivity contribution >= 4 is 23.0 Å². The predicted molar refractivity (Wildman–Crippen MR) is 77.0 cm³/mol. The number of carbonyl (C=O) groups excluding carboxylic acids is 1. The molecule has 1 saturated heterocycles. The van der Waals surface area contributed by atoms with Gasteiger partial charge in [-0.3, -0.25) is 9.78 Å². The molecule has 6 heteroatoms. The molecule has 106 valence electrons. The zero-order valence-corrected chi connectivity index (χ0v) is 12.0. The Morgan fingerprint density at radius 2 is 2.35 bits per heavy atom. The van der Waals surface area contributed by atoms with Crippen LogP contribution in [0.1, 0.15) is 36.0 Å². The molecule has 1 fully saturated rings. The van der Waals surface area contributed by atoms with Crippen LogP contribution in [0.15, 0.2) is 24.8 Å². The second-order valence-electron chi connectivity index (χ2n) is 5.09. The van der Waals surface area contributed by atoms with E-state index in [4.69, 9.17) is 11.6 Å². The molecular formula is C14H17ClN4O. The Bertz CT molecular complexity index is 612. The Balaban J connectivity index is 1.84. The van der Waals surface area contributed by atoms with Gasteiger partial charge in [0.05, 0.1) is 23.5 Å². The lowest BCUT2D eigenvalue weighted by molar-refractivity contribution is 0.0732. The van der Waals surface area contributed by atoms with Crippen molar-refractivity contribution in [3.8, 4) is 0 Å². The number of fused-ring (bicyclic) bond motifs is 1. The first-order chi connectivity index (χ1) is 9.81. The van der Waals surface area contributed by atoms with Crippen molar-refractivity contribution in [2.24, 2.45) is 0 Å². The first kappa shape index (κ1) is 13.4. The van der Waals surface area contributed by atoms with E-state index >= 15 is 0 Å². The van der Waals surface area contributed by atoms with Gasteiger partial charge in [0, 0.05) is 30.9 Å². The minimum atomic E-state index is 0.0603. The number of aromatic nitrogens is 3. The quantitative estimate of drug-likeness (QED) is 0.813. The van der Waals surface area contributed by atoms with E-state index in [2.05, 4.69) is 10.1 Å². The highest BCUT2D eigenvalue weighted by atomic mass is 35.5. The Hall–Kier alpha value is -1.62. The van der Waals surface area contributed by atoms with Gasteiger partial charge in [-0.2, -0.15) is 5.10 Å². The number of amides is 1. The number of hydrogen-bond donors (Lipinski definition) is 0. The minimum absolute atomic E-state index is 0.0603. The normalized spacial score (nSPS) is 18.9. The highest BCUT2D eigenvalue weighted by molar-refractivity contribution is 6.17. The standard InChI is InChI=1S/C14H17ClN4O/c15-5-1-3-11-4-2-7-18(11)14(20)12-9-17-19-8-6-16-10-13(12)19/h6,8-11H,1-5,7H2. The number of halogens is 1. The van der Waals surface area contributed by atoms with Crippen LogP contribution < -0.4 is 0 Å². The molecular weight excluding hydrogens is 276 g/mol. The Morgan fingerprint density at radius 3 is 3.20 bits per heavy atom. The average Bonchev–Trinajstić information content (AvgIpc) is 3.11. The summed E-state index contributed by atoms with van der Waals surface area (Å²) < 4.78 is 1.68. The van der Waals surface area contributed by atoms with Crippen LogP contribution in [-0.4, -0.2) is 43.9 Å². The van der Waals surface area contributed by atoms with Gasteiger partial charge in [0.15, 0.2) is 0 Å².